The maximum atomic E-state index is 12.5. The number of hydrogen-bond acceptors (Lipinski definition) is 6. The van der Waals surface area contributed by atoms with Crippen molar-refractivity contribution in [1.29, 1.82) is 0 Å². The number of amides is 3. The number of thioether (sulfide) groups is 1. The van der Waals surface area contributed by atoms with E-state index in [2.05, 4.69) is 41.7 Å². The molecule has 0 spiro atoms. The number of nitrogens with one attached hydrogen (secondary N) is 3. The van der Waals surface area contributed by atoms with Crippen molar-refractivity contribution in [3.63, 3.8) is 0 Å². The lowest BCUT2D eigenvalue weighted by atomic mass is 9.70. The molecule has 1 aliphatic carbocycles. The molecule has 3 rings (SSSR count). The van der Waals surface area contributed by atoms with Crippen LogP contribution in [0.2, 0.25) is 0 Å². The summed E-state index contributed by atoms with van der Waals surface area (Å²) in [6.45, 7) is 8.23. The van der Waals surface area contributed by atoms with E-state index in [1.807, 2.05) is 5.38 Å². The summed E-state index contributed by atoms with van der Waals surface area (Å²) >= 11 is 2.79. The Bertz CT molecular complexity index is 988. The second kappa shape index (κ2) is 11.2. The molecule has 7 nitrogen and oxygen atoms in total. The van der Waals surface area contributed by atoms with Crippen LogP contribution in [0.3, 0.4) is 0 Å². The van der Waals surface area contributed by atoms with Crippen molar-refractivity contribution in [2.75, 3.05) is 16.4 Å². The molecule has 178 valence electrons. The van der Waals surface area contributed by atoms with Crippen molar-refractivity contribution in [1.82, 2.24) is 10.3 Å². The lowest BCUT2D eigenvalue weighted by Gasteiger charge is -2.39. The molecular weight excluding hydrogens is 456 g/mol. The van der Waals surface area contributed by atoms with Crippen molar-refractivity contribution < 1.29 is 14.4 Å². The van der Waals surface area contributed by atoms with Crippen molar-refractivity contribution in [2.24, 2.45) is 11.3 Å². The van der Waals surface area contributed by atoms with Crippen LogP contribution in [0.4, 0.5) is 11.4 Å². The molecule has 1 aromatic heterocycles. The first-order chi connectivity index (χ1) is 15.6. The predicted molar refractivity (Wildman–Crippen MR) is 135 cm³/mol. The Kier molecular flexibility index (Phi) is 8.53. The molecule has 1 aliphatic rings. The number of rotatable bonds is 8. The fourth-order valence-electron chi connectivity index (χ4n) is 4.50. The molecule has 1 aromatic carbocycles. The number of thiazole rings is 1. The second-order valence-corrected chi connectivity index (χ2v) is 11.6. The Hall–Kier alpha value is -2.39. The van der Waals surface area contributed by atoms with E-state index in [1.165, 1.54) is 36.4 Å². The molecule has 1 heterocycles. The monoisotopic (exact) mass is 488 g/mol. The van der Waals surface area contributed by atoms with Crippen molar-refractivity contribution in [3.05, 3.63) is 35.3 Å². The molecule has 33 heavy (non-hydrogen) atoms. The first kappa shape index (κ1) is 25.2. The van der Waals surface area contributed by atoms with Crippen LogP contribution in [0.15, 0.2) is 34.0 Å². The van der Waals surface area contributed by atoms with Gasteiger partial charge in [-0.2, -0.15) is 0 Å². The third-order valence-corrected chi connectivity index (χ3v) is 7.51. The zero-order chi connectivity index (χ0) is 24.0. The van der Waals surface area contributed by atoms with E-state index in [-0.39, 0.29) is 41.4 Å². The average Bonchev–Trinajstić information content (AvgIpc) is 3.13. The Morgan fingerprint density at radius 2 is 1.76 bits per heavy atom. The van der Waals surface area contributed by atoms with E-state index in [0.29, 0.717) is 17.3 Å². The van der Waals surface area contributed by atoms with Gasteiger partial charge in [0.1, 0.15) is 0 Å². The normalized spacial score (nSPS) is 19.5. The molecular formula is C24H32N4O3S2. The second-order valence-electron chi connectivity index (χ2n) is 9.55. The highest BCUT2D eigenvalue weighted by molar-refractivity contribution is 8.01. The minimum atomic E-state index is -0.143. The smallest absolute Gasteiger partial charge is 0.234 e. The van der Waals surface area contributed by atoms with E-state index in [4.69, 9.17) is 0 Å². The topological polar surface area (TPSA) is 100 Å². The van der Waals surface area contributed by atoms with Gasteiger partial charge in [0.25, 0.3) is 0 Å². The van der Waals surface area contributed by atoms with Crippen LogP contribution in [0, 0.1) is 11.3 Å². The lowest BCUT2D eigenvalue weighted by Crippen LogP contribution is -2.43. The molecule has 3 amide bonds. The number of aromatic nitrogens is 1. The molecule has 9 heteroatoms. The zero-order valence-corrected chi connectivity index (χ0v) is 21.2. The van der Waals surface area contributed by atoms with Crippen LogP contribution in [0.5, 0.6) is 0 Å². The van der Waals surface area contributed by atoms with E-state index in [9.17, 15) is 14.4 Å². The van der Waals surface area contributed by atoms with Crippen LogP contribution in [-0.2, 0) is 20.8 Å². The van der Waals surface area contributed by atoms with Crippen molar-refractivity contribution >= 4 is 52.2 Å². The standard InChI is InChI=1S/C24H32N4O3S2/c1-15-9-19(12-24(3,4)11-15)27-21(30)10-20-13-32-23(28-20)33-14-22(31)26-18-7-5-17(6-8-18)25-16(2)29/h5-8,13,15,19H,9-12,14H2,1-4H3,(H,25,29)(H,26,31)(H,27,30). The highest BCUT2D eigenvalue weighted by Gasteiger charge is 2.32. The third-order valence-electron chi connectivity index (χ3n) is 5.44. The fraction of sp³-hybridized carbons (Fsp3) is 0.500. The summed E-state index contributed by atoms with van der Waals surface area (Å²) in [5.41, 5.74) is 2.33. The summed E-state index contributed by atoms with van der Waals surface area (Å²) in [5, 5.41) is 10.6. The molecule has 1 saturated carbocycles. The molecule has 3 N–H and O–H groups in total. The summed E-state index contributed by atoms with van der Waals surface area (Å²) < 4.78 is 0.765. The number of nitrogens with zero attached hydrogens (tertiary/aromatic N) is 1. The van der Waals surface area contributed by atoms with Gasteiger partial charge in [0.2, 0.25) is 17.7 Å². The number of benzene rings is 1. The minimum absolute atomic E-state index is 0.00667. The molecule has 0 radical (unpaired) electrons. The van der Waals surface area contributed by atoms with E-state index in [0.717, 1.165) is 22.9 Å². The largest absolute Gasteiger partial charge is 0.353 e. The quantitative estimate of drug-likeness (QED) is 0.468. The van der Waals surface area contributed by atoms with Gasteiger partial charge < -0.3 is 16.0 Å². The molecule has 0 aliphatic heterocycles. The predicted octanol–water partition coefficient (Wildman–Crippen LogP) is 4.71. The third kappa shape index (κ3) is 8.47. The van der Waals surface area contributed by atoms with Gasteiger partial charge in [-0.3, -0.25) is 14.4 Å². The summed E-state index contributed by atoms with van der Waals surface area (Å²) in [4.78, 5) is 40.3. The first-order valence-electron chi connectivity index (χ1n) is 11.1. The Morgan fingerprint density at radius 1 is 1.09 bits per heavy atom. The van der Waals surface area contributed by atoms with Gasteiger partial charge in [-0.25, -0.2) is 4.98 Å². The lowest BCUT2D eigenvalue weighted by molar-refractivity contribution is -0.121. The first-order valence-corrected chi connectivity index (χ1v) is 13.0. The van der Waals surface area contributed by atoms with Gasteiger partial charge >= 0.3 is 0 Å². The van der Waals surface area contributed by atoms with Gasteiger partial charge in [0.05, 0.1) is 17.9 Å². The summed E-state index contributed by atoms with van der Waals surface area (Å²) in [7, 11) is 0. The highest BCUT2D eigenvalue weighted by atomic mass is 32.2. The number of hydrogen-bond donors (Lipinski definition) is 3. The highest BCUT2D eigenvalue weighted by Crippen LogP contribution is 2.38. The van der Waals surface area contributed by atoms with E-state index < -0.39 is 0 Å². The maximum Gasteiger partial charge on any atom is 0.234 e. The maximum absolute atomic E-state index is 12.5. The molecule has 0 saturated heterocycles. The van der Waals surface area contributed by atoms with Crippen LogP contribution in [-0.4, -0.2) is 34.5 Å². The Labute approximate surface area is 203 Å². The molecule has 2 aromatic rings. The Morgan fingerprint density at radius 3 is 2.39 bits per heavy atom. The van der Waals surface area contributed by atoms with E-state index in [1.54, 1.807) is 24.3 Å². The van der Waals surface area contributed by atoms with Crippen LogP contribution in [0.25, 0.3) is 0 Å². The average molecular weight is 489 g/mol. The zero-order valence-electron chi connectivity index (χ0n) is 19.6. The molecule has 1 fully saturated rings. The van der Waals surface area contributed by atoms with Gasteiger partial charge in [0.15, 0.2) is 4.34 Å². The van der Waals surface area contributed by atoms with Crippen LogP contribution < -0.4 is 16.0 Å². The Balaban J connectivity index is 1.42. The van der Waals surface area contributed by atoms with Gasteiger partial charge in [0, 0.05) is 29.7 Å². The number of carbonyl (C=O) groups excluding carboxylic acids is 3. The van der Waals surface area contributed by atoms with Crippen LogP contribution in [0.1, 0.15) is 52.7 Å². The van der Waals surface area contributed by atoms with Crippen LogP contribution >= 0.6 is 23.1 Å². The summed E-state index contributed by atoms with van der Waals surface area (Å²) in [6.07, 6.45) is 3.49. The van der Waals surface area contributed by atoms with Gasteiger partial charge in [-0.1, -0.05) is 32.5 Å². The SMILES string of the molecule is CC(=O)Nc1ccc(NC(=O)CSc2nc(CC(=O)NC3CC(C)CC(C)(C)C3)cs2)cc1. The van der Waals surface area contributed by atoms with E-state index >= 15 is 0 Å². The minimum Gasteiger partial charge on any atom is -0.353 e. The number of carbonyl (C=O) groups is 3. The molecule has 2 unspecified atom stereocenters. The van der Waals surface area contributed by atoms with Gasteiger partial charge in [-0.15, -0.1) is 11.3 Å². The molecule has 0 bridgehead atoms. The van der Waals surface area contributed by atoms with Crippen molar-refractivity contribution in [2.45, 2.75) is 63.8 Å². The number of anilines is 2. The van der Waals surface area contributed by atoms with Crippen molar-refractivity contribution in [3.8, 4) is 0 Å². The summed E-state index contributed by atoms with van der Waals surface area (Å²) in [6, 6.07) is 7.17. The fourth-order valence-corrected chi connectivity index (χ4v) is 6.14. The summed E-state index contributed by atoms with van der Waals surface area (Å²) in [5.74, 6) is 0.559. The van der Waals surface area contributed by atoms with Gasteiger partial charge in [-0.05, 0) is 54.9 Å². The molecule has 2 atom stereocenters.